The smallest absolute Gasteiger partial charge is 0.240 e. The molecule has 25 heavy (non-hydrogen) atoms. The Morgan fingerprint density at radius 2 is 2.04 bits per heavy atom. The zero-order valence-electron chi connectivity index (χ0n) is 15.2. The fourth-order valence-electron chi connectivity index (χ4n) is 3.14. The van der Waals surface area contributed by atoms with Crippen LogP contribution in [0.5, 0.6) is 0 Å². The van der Waals surface area contributed by atoms with E-state index in [1.165, 1.54) is 0 Å². The van der Waals surface area contributed by atoms with E-state index in [0.717, 1.165) is 32.0 Å². The molecule has 2 aromatic rings. The predicted molar refractivity (Wildman–Crippen MR) is 91.8 cm³/mol. The Balaban J connectivity index is 1.44. The van der Waals surface area contributed by atoms with Crippen LogP contribution in [0.1, 0.15) is 43.7 Å². The maximum absolute atomic E-state index is 12.5. The fourth-order valence-corrected chi connectivity index (χ4v) is 3.14. The largest absolute Gasteiger partial charge is 0.340 e. The van der Waals surface area contributed by atoms with Crippen molar-refractivity contribution >= 4 is 5.91 Å². The van der Waals surface area contributed by atoms with Crippen LogP contribution in [0, 0.1) is 6.92 Å². The van der Waals surface area contributed by atoms with Gasteiger partial charge in [0.25, 0.3) is 0 Å². The van der Waals surface area contributed by atoms with Crippen molar-refractivity contribution in [2.24, 2.45) is 0 Å². The number of hydrogen-bond acceptors (Lipinski definition) is 6. The van der Waals surface area contributed by atoms with Gasteiger partial charge in [-0.15, -0.1) is 0 Å². The number of rotatable bonds is 6. The standard InChI is InChI=1S/C17H26N6O2/c1-13(2)17-18-5-7-23(17)6-4-16(24)22-10-8-21(9-11-22)12-15-19-14(3)20-25-15/h5,7,13H,4,6,8-12H2,1-3H3. The zero-order valence-corrected chi connectivity index (χ0v) is 15.2. The minimum absolute atomic E-state index is 0.205. The van der Waals surface area contributed by atoms with Crippen molar-refractivity contribution in [3.8, 4) is 0 Å². The van der Waals surface area contributed by atoms with Crippen molar-refractivity contribution in [1.82, 2.24) is 29.5 Å². The Kier molecular flexibility index (Phi) is 5.47. The molecule has 0 aliphatic carbocycles. The van der Waals surface area contributed by atoms with Gasteiger partial charge in [0, 0.05) is 57.5 Å². The SMILES string of the molecule is Cc1noc(CN2CCN(C(=O)CCn3ccnc3C(C)C)CC2)n1. The molecule has 3 heterocycles. The average molecular weight is 346 g/mol. The lowest BCUT2D eigenvalue weighted by Crippen LogP contribution is -2.48. The summed E-state index contributed by atoms with van der Waals surface area (Å²) in [7, 11) is 0. The number of nitrogens with zero attached hydrogens (tertiary/aromatic N) is 6. The minimum atomic E-state index is 0.205. The summed E-state index contributed by atoms with van der Waals surface area (Å²) in [4.78, 5) is 25.3. The highest BCUT2D eigenvalue weighted by molar-refractivity contribution is 5.76. The summed E-state index contributed by atoms with van der Waals surface area (Å²) in [6.45, 7) is 10.5. The molecule has 1 fully saturated rings. The molecule has 0 aromatic carbocycles. The van der Waals surface area contributed by atoms with Crippen molar-refractivity contribution in [2.75, 3.05) is 26.2 Å². The van der Waals surface area contributed by atoms with Crippen molar-refractivity contribution in [3.05, 3.63) is 29.9 Å². The number of aryl methyl sites for hydroxylation is 2. The molecule has 1 saturated heterocycles. The summed E-state index contributed by atoms with van der Waals surface area (Å²) in [5.41, 5.74) is 0. The van der Waals surface area contributed by atoms with Crippen LogP contribution in [0.25, 0.3) is 0 Å². The molecule has 0 spiro atoms. The zero-order chi connectivity index (χ0) is 17.8. The van der Waals surface area contributed by atoms with Crippen molar-refractivity contribution in [1.29, 1.82) is 0 Å². The van der Waals surface area contributed by atoms with Gasteiger partial charge in [-0.3, -0.25) is 9.69 Å². The van der Waals surface area contributed by atoms with Gasteiger partial charge < -0.3 is 14.0 Å². The van der Waals surface area contributed by atoms with Gasteiger partial charge in [0.1, 0.15) is 5.82 Å². The predicted octanol–water partition coefficient (Wildman–Crippen LogP) is 1.43. The minimum Gasteiger partial charge on any atom is -0.340 e. The van der Waals surface area contributed by atoms with Crippen LogP contribution in [0.3, 0.4) is 0 Å². The number of aromatic nitrogens is 4. The third kappa shape index (κ3) is 4.45. The van der Waals surface area contributed by atoms with Crippen LogP contribution in [-0.2, 0) is 17.9 Å². The Labute approximate surface area is 147 Å². The van der Waals surface area contributed by atoms with Gasteiger partial charge >= 0.3 is 0 Å². The van der Waals surface area contributed by atoms with Crippen LogP contribution in [-0.4, -0.2) is 61.6 Å². The summed E-state index contributed by atoms with van der Waals surface area (Å²) < 4.78 is 7.24. The molecule has 0 radical (unpaired) electrons. The molecular weight excluding hydrogens is 320 g/mol. The second-order valence-corrected chi connectivity index (χ2v) is 6.78. The molecule has 0 bridgehead atoms. The van der Waals surface area contributed by atoms with Crippen LogP contribution in [0.2, 0.25) is 0 Å². The first-order valence-electron chi connectivity index (χ1n) is 8.83. The number of hydrogen-bond donors (Lipinski definition) is 0. The number of amides is 1. The number of imidazole rings is 1. The summed E-state index contributed by atoms with van der Waals surface area (Å²) in [6, 6.07) is 0. The van der Waals surface area contributed by atoms with E-state index in [1.54, 1.807) is 6.20 Å². The van der Waals surface area contributed by atoms with Crippen LogP contribution >= 0.6 is 0 Å². The molecule has 1 aliphatic heterocycles. The highest BCUT2D eigenvalue weighted by atomic mass is 16.5. The van der Waals surface area contributed by atoms with E-state index in [-0.39, 0.29) is 5.91 Å². The first-order chi connectivity index (χ1) is 12.0. The van der Waals surface area contributed by atoms with Gasteiger partial charge in [-0.25, -0.2) is 4.98 Å². The lowest BCUT2D eigenvalue weighted by atomic mass is 10.2. The van der Waals surface area contributed by atoms with Crippen molar-refractivity contribution in [2.45, 2.75) is 46.2 Å². The molecule has 8 heteroatoms. The van der Waals surface area contributed by atoms with Crippen molar-refractivity contribution in [3.63, 3.8) is 0 Å². The van der Waals surface area contributed by atoms with Gasteiger partial charge in [0.05, 0.1) is 6.54 Å². The molecule has 3 rings (SSSR count). The Hall–Kier alpha value is -2.22. The first kappa shape index (κ1) is 17.6. The molecule has 2 aromatic heterocycles. The molecule has 0 N–H and O–H groups in total. The topological polar surface area (TPSA) is 80.3 Å². The maximum Gasteiger partial charge on any atom is 0.240 e. The summed E-state index contributed by atoms with van der Waals surface area (Å²) in [6.07, 6.45) is 4.27. The summed E-state index contributed by atoms with van der Waals surface area (Å²) in [5, 5.41) is 3.81. The lowest BCUT2D eigenvalue weighted by molar-refractivity contribution is -0.133. The molecule has 1 amide bonds. The van der Waals surface area contributed by atoms with E-state index in [9.17, 15) is 4.79 Å². The average Bonchev–Trinajstić information content (AvgIpc) is 3.22. The van der Waals surface area contributed by atoms with Gasteiger partial charge in [0.2, 0.25) is 11.8 Å². The second kappa shape index (κ2) is 7.77. The maximum atomic E-state index is 12.5. The second-order valence-electron chi connectivity index (χ2n) is 6.78. The number of carbonyl (C=O) groups is 1. The van der Waals surface area contributed by atoms with Gasteiger partial charge in [0.15, 0.2) is 5.82 Å². The van der Waals surface area contributed by atoms with E-state index in [1.807, 2.05) is 18.0 Å². The summed E-state index contributed by atoms with van der Waals surface area (Å²) >= 11 is 0. The molecular formula is C17H26N6O2. The molecule has 0 unspecified atom stereocenters. The van der Waals surface area contributed by atoms with Crippen LogP contribution < -0.4 is 0 Å². The molecule has 8 nitrogen and oxygen atoms in total. The third-order valence-corrected chi connectivity index (χ3v) is 4.48. The van der Waals surface area contributed by atoms with Gasteiger partial charge in [-0.2, -0.15) is 4.98 Å². The quantitative estimate of drug-likeness (QED) is 0.787. The first-order valence-corrected chi connectivity index (χ1v) is 8.83. The molecule has 136 valence electrons. The Morgan fingerprint density at radius 3 is 2.68 bits per heavy atom. The van der Waals surface area contributed by atoms with E-state index in [4.69, 9.17) is 4.52 Å². The normalized spacial score (nSPS) is 15.9. The highest BCUT2D eigenvalue weighted by Crippen LogP contribution is 2.13. The fraction of sp³-hybridized carbons (Fsp3) is 0.647. The number of carbonyl (C=O) groups excluding carboxylic acids is 1. The monoisotopic (exact) mass is 346 g/mol. The van der Waals surface area contributed by atoms with Crippen LogP contribution in [0.4, 0.5) is 0 Å². The van der Waals surface area contributed by atoms with E-state index < -0.39 is 0 Å². The summed E-state index contributed by atoms with van der Waals surface area (Å²) in [5.74, 6) is 2.90. The van der Waals surface area contributed by atoms with Gasteiger partial charge in [-0.1, -0.05) is 19.0 Å². The number of piperazine rings is 1. The third-order valence-electron chi connectivity index (χ3n) is 4.48. The molecule has 0 saturated carbocycles. The van der Waals surface area contributed by atoms with E-state index >= 15 is 0 Å². The highest BCUT2D eigenvalue weighted by Gasteiger charge is 2.22. The Bertz CT molecular complexity index is 700. The van der Waals surface area contributed by atoms with E-state index in [0.29, 0.717) is 37.1 Å². The van der Waals surface area contributed by atoms with Crippen molar-refractivity contribution < 1.29 is 9.32 Å². The Morgan fingerprint density at radius 1 is 1.28 bits per heavy atom. The lowest BCUT2D eigenvalue weighted by Gasteiger charge is -2.34. The van der Waals surface area contributed by atoms with E-state index in [2.05, 4.69) is 38.4 Å². The van der Waals surface area contributed by atoms with Gasteiger partial charge in [-0.05, 0) is 6.92 Å². The van der Waals surface area contributed by atoms with Crippen LogP contribution in [0.15, 0.2) is 16.9 Å². The molecule has 1 aliphatic rings. The molecule has 0 atom stereocenters.